The Morgan fingerprint density at radius 1 is 1.32 bits per heavy atom. The SMILES string of the molecule is Cc1ccc(S(=O)(=O)NC2CCN(C)CC2)cc1N. The smallest absolute Gasteiger partial charge is 0.240 e. The van der Waals surface area contributed by atoms with Gasteiger partial charge >= 0.3 is 0 Å². The average Bonchev–Trinajstić information content (AvgIpc) is 2.35. The molecule has 19 heavy (non-hydrogen) atoms. The fourth-order valence-corrected chi connectivity index (χ4v) is 3.54. The van der Waals surface area contributed by atoms with Crippen LogP contribution in [0.15, 0.2) is 23.1 Å². The number of hydrogen-bond donors (Lipinski definition) is 2. The summed E-state index contributed by atoms with van der Waals surface area (Å²) in [6, 6.07) is 4.87. The minimum Gasteiger partial charge on any atom is -0.398 e. The summed E-state index contributed by atoms with van der Waals surface area (Å²) in [6.07, 6.45) is 1.69. The van der Waals surface area contributed by atoms with Gasteiger partial charge in [0, 0.05) is 11.7 Å². The summed E-state index contributed by atoms with van der Waals surface area (Å²) < 4.78 is 27.3. The lowest BCUT2D eigenvalue weighted by atomic mass is 10.1. The van der Waals surface area contributed by atoms with E-state index in [1.54, 1.807) is 12.1 Å². The molecule has 0 amide bonds. The van der Waals surface area contributed by atoms with E-state index in [0.717, 1.165) is 31.5 Å². The van der Waals surface area contributed by atoms with Crippen LogP contribution in [0.5, 0.6) is 0 Å². The Balaban J connectivity index is 2.11. The number of sulfonamides is 1. The Kier molecular flexibility index (Phi) is 4.13. The summed E-state index contributed by atoms with van der Waals surface area (Å²) in [5, 5.41) is 0. The molecule has 0 unspecified atom stereocenters. The molecule has 1 aliphatic rings. The maximum Gasteiger partial charge on any atom is 0.240 e. The van der Waals surface area contributed by atoms with Crippen LogP contribution in [0, 0.1) is 6.92 Å². The van der Waals surface area contributed by atoms with Gasteiger partial charge in [0.1, 0.15) is 0 Å². The van der Waals surface area contributed by atoms with E-state index in [-0.39, 0.29) is 10.9 Å². The van der Waals surface area contributed by atoms with Crippen LogP contribution >= 0.6 is 0 Å². The topological polar surface area (TPSA) is 75.4 Å². The number of nitrogen functional groups attached to an aromatic ring is 1. The van der Waals surface area contributed by atoms with E-state index in [0.29, 0.717) is 5.69 Å². The van der Waals surface area contributed by atoms with Crippen molar-refractivity contribution in [1.29, 1.82) is 0 Å². The first-order chi connectivity index (χ1) is 8.88. The highest BCUT2D eigenvalue weighted by atomic mass is 32.2. The van der Waals surface area contributed by atoms with Crippen LogP contribution < -0.4 is 10.5 Å². The lowest BCUT2D eigenvalue weighted by Crippen LogP contribution is -2.43. The van der Waals surface area contributed by atoms with Crippen LogP contribution in [0.3, 0.4) is 0 Å². The van der Waals surface area contributed by atoms with Crippen molar-refractivity contribution in [2.75, 3.05) is 25.9 Å². The molecule has 0 saturated carbocycles. The molecule has 106 valence electrons. The molecule has 0 aliphatic carbocycles. The molecule has 1 aromatic rings. The second kappa shape index (κ2) is 5.48. The molecule has 5 nitrogen and oxygen atoms in total. The first-order valence-electron chi connectivity index (χ1n) is 6.45. The van der Waals surface area contributed by atoms with Crippen molar-refractivity contribution in [2.24, 2.45) is 0 Å². The predicted octanol–water partition coefficient (Wildman–Crippen LogP) is 0.950. The number of piperidine rings is 1. The predicted molar refractivity (Wildman–Crippen MR) is 76.4 cm³/mol. The molecule has 6 heteroatoms. The standard InChI is InChI=1S/C13H21N3O2S/c1-10-3-4-12(9-13(10)14)19(17,18)15-11-5-7-16(2)8-6-11/h3-4,9,11,15H,5-8,14H2,1-2H3. The van der Waals surface area contributed by atoms with E-state index in [2.05, 4.69) is 9.62 Å². The number of nitrogens with one attached hydrogen (secondary N) is 1. The van der Waals surface area contributed by atoms with Crippen molar-refractivity contribution in [2.45, 2.75) is 30.7 Å². The van der Waals surface area contributed by atoms with Crippen LogP contribution in [0.4, 0.5) is 5.69 Å². The maximum atomic E-state index is 12.3. The van der Waals surface area contributed by atoms with Crippen molar-refractivity contribution in [3.8, 4) is 0 Å². The van der Waals surface area contributed by atoms with Crippen molar-refractivity contribution in [1.82, 2.24) is 9.62 Å². The Morgan fingerprint density at radius 3 is 2.53 bits per heavy atom. The summed E-state index contributed by atoms with van der Waals surface area (Å²) >= 11 is 0. The fraction of sp³-hybridized carbons (Fsp3) is 0.538. The van der Waals surface area contributed by atoms with Gasteiger partial charge in [-0.1, -0.05) is 6.07 Å². The van der Waals surface area contributed by atoms with Gasteiger partial charge in [0.05, 0.1) is 4.90 Å². The zero-order valence-electron chi connectivity index (χ0n) is 11.4. The molecule has 2 rings (SSSR count). The van der Waals surface area contributed by atoms with Crippen LogP contribution in [0.2, 0.25) is 0 Å². The van der Waals surface area contributed by atoms with E-state index in [1.807, 2.05) is 14.0 Å². The van der Waals surface area contributed by atoms with Crippen molar-refractivity contribution < 1.29 is 8.42 Å². The Bertz CT molecular complexity index is 549. The molecule has 0 bridgehead atoms. The van der Waals surface area contributed by atoms with Crippen LogP contribution in [-0.4, -0.2) is 39.5 Å². The first-order valence-corrected chi connectivity index (χ1v) is 7.94. The molecule has 1 aromatic carbocycles. The van der Waals surface area contributed by atoms with Crippen LogP contribution in [-0.2, 0) is 10.0 Å². The van der Waals surface area contributed by atoms with Gasteiger partial charge in [0.15, 0.2) is 0 Å². The summed E-state index contributed by atoms with van der Waals surface area (Å²) in [4.78, 5) is 2.45. The average molecular weight is 283 g/mol. The van der Waals surface area contributed by atoms with Gasteiger partial charge in [-0.3, -0.25) is 0 Å². The molecule has 1 saturated heterocycles. The molecule has 0 spiro atoms. The number of nitrogens with two attached hydrogens (primary N) is 1. The number of hydrogen-bond acceptors (Lipinski definition) is 4. The molecular weight excluding hydrogens is 262 g/mol. The quantitative estimate of drug-likeness (QED) is 0.810. The highest BCUT2D eigenvalue weighted by Crippen LogP contribution is 2.18. The van der Waals surface area contributed by atoms with Crippen LogP contribution in [0.1, 0.15) is 18.4 Å². The van der Waals surface area contributed by atoms with Crippen LogP contribution in [0.25, 0.3) is 0 Å². The molecule has 0 atom stereocenters. The second-order valence-corrected chi connectivity index (χ2v) is 6.93. The van der Waals surface area contributed by atoms with Gasteiger partial charge in [0.25, 0.3) is 0 Å². The zero-order chi connectivity index (χ0) is 14.0. The second-order valence-electron chi connectivity index (χ2n) is 5.22. The number of benzene rings is 1. The number of nitrogens with zero attached hydrogens (tertiary/aromatic N) is 1. The van der Waals surface area contributed by atoms with Gasteiger partial charge in [-0.2, -0.15) is 0 Å². The molecule has 0 radical (unpaired) electrons. The van der Waals surface area contributed by atoms with Crippen molar-refractivity contribution in [3.05, 3.63) is 23.8 Å². The van der Waals surface area contributed by atoms with Crippen molar-refractivity contribution >= 4 is 15.7 Å². The summed E-state index contributed by atoms with van der Waals surface area (Å²) in [5.41, 5.74) is 7.16. The molecule has 0 aromatic heterocycles. The summed E-state index contributed by atoms with van der Waals surface area (Å²) in [6.45, 7) is 3.70. The Morgan fingerprint density at radius 2 is 1.95 bits per heavy atom. The minimum absolute atomic E-state index is 0.0173. The highest BCUT2D eigenvalue weighted by molar-refractivity contribution is 7.89. The molecular formula is C13H21N3O2S. The molecule has 1 aliphatic heterocycles. The lowest BCUT2D eigenvalue weighted by Gasteiger charge is -2.29. The molecule has 1 heterocycles. The number of anilines is 1. The minimum atomic E-state index is -3.47. The van der Waals surface area contributed by atoms with E-state index < -0.39 is 10.0 Å². The molecule has 3 N–H and O–H groups in total. The summed E-state index contributed by atoms with van der Waals surface area (Å²) in [7, 11) is -1.42. The monoisotopic (exact) mass is 283 g/mol. The Hall–Kier alpha value is -1.11. The number of likely N-dealkylation sites (tertiary alicyclic amines) is 1. The van der Waals surface area contributed by atoms with Gasteiger partial charge in [-0.05, 0) is 57.6 Å². The lowest BCUT2D eigenvalue weighted by molar-refractivity contribution is 0.248. The normalized spacial score (nSPS) is 18.6. The third kappa shape index (κ3) is 3.46. The zero-order valence-corrected chi connectivity index (χ0v) is 12.2. The first kappa shape index (κ1) is 14.3. The fourth-order valence-electron chi connectivity index (χ4n) is 2.20. The Labute approximate surface area is 114 Å². The van der Waals surface area contributed by atoms with E-state index in [9.17, 15) is 8.42 Å². The largest absolute Gasteiger partial charge is 0.398 e. The third-order valence-electron chi connectivity index (χ3n) is 3.60. The van der Waals surface area contributed by atoms with Crippen molar-refractivity contribution in [3.63, 3.8) is 0 Å². The van der Waals surface area contributed by atoms with E-state index in [4.69, 9.17) is 5.73 Å². The summed E-state index contributed by atoms with van der Waals surface area (Å²) in [5.74, 6) is 0. The van der Waals surface area contributed by atoms with E-state index in [1.165, 1.54) is 6.07 Å². The van der Waals surface area contributed by atoms with Gasteiger partial charge < -0.3 is 10.6 Å². The molecule has 1 fully saturated rings. The van der Waals surface area contributed by atoms with Gasteiger partial charge in [0.2, 0.25) is 10.0 Å². The third-order valence-corrected chi connectivity index (χ3v) is 5.12. The number of rotatable bonds is 3. The highest BCUT2D eigenvalue weighted by Gasteiger charge is 2.23. The van der Waals surface area contributed by atoms with E-state index >= 15 is 0 Å². The van der Waals surface area contributed by atoms with Gasteiger partial charge in [-0.15, -0.1) is 0 Å². The number of aryl methyl sites for hydroxylation is 1. The maximum absolute atomic E-state index is 12.3. The van der Waals surface area contributed by atoms with Gasteiger partial charge in [-0.25, -0.2) is 13.1 Å².